The van der Waals surface area contributed by atoms with Crippen molar-refractivity contribution < 1.29 is 8.42 Å². The van der Waals surface area contributed by atoms with Gasteiger partial charge in [-0.25, -0.2) is 8.42 Å². The first-order chi connectivity index (χ1) is 8.34. The molecule has 1 fully saturated rings. The van der Waals surface area contributed by atoms with E-state index >= 15 is 0 Å². The molecule has 0 bridgehead atoms. The minimum Gasteiger partial charge on any atom is -0.212 e. The average molecular weight is 267 g/mol. The SMILES string of the molecule is CC(C)(C)S(=O)(=O)N1CCC[C@@H]1c1ccccc1. The van der Waals surface area contributed by atoms with E-state index in [1.165, 1.54) is 0 Å². The van der Waals surface area contributed by atoms with Crippen molar-refractivity contribution in [3.63, 3.8) is 0 Å². The monoisotopic (exact) mass is 267 g/mol. The first kappa shape index (κ1) is 13.6. The summed E-state index contributed by atoms with van der Waals surface area (Å²) in [7, 11) is -3.24. The Morgan fingerprint density at radius 1 is 1.17 bits per heavy atom. The van der Waals surface area contributed by atoms with Crippen molar-refractivity contribution in [2.24, 2.45) is 0 Å². The van der Waals surface area contributed by atoms with Crippen molar-refractivity contribution in [3.05, 3.63) is 35.9 Å². The molecule has 3 nitrogen and oxygen atoms in total. The molecule has 0 aliphatic carbocycles. The maximum atomic E-state index is 12.6. The zero-order valence-corrected chi connectivity index (χ0v) is 12.1. The van der Waals surface area contributed by atoms with Crippen molar-refractivity contribution in [3.8, 4) is 0 Å². The first-order valence-corrected chi connectivity index (χ1v) is 7.84. The predicted molar refractivity (Wildman–Crippen MR) is 73.8 cm³/mol. The van der Waals surface area contributed by atoms with Crippen LogP contribution < -0.4 is 0 Å². The van der Waals surface area contributed by atoms with Crippen LogP contribution in [0.5, 0.6) is 0 Å². The lowest BCUT2D eigenvalue weighted by Gasteiger charge is -2.31. The fraction of sp³-hybridized carbons (Fsp3) is 0.571. The van der Waals surface area contributed by atoms with Gasteiger partial charge >= 0.3 is 0 Å². The molecule has 0 amide bonds. The van der Waals surface area contributed by atoms with Crippen molar-refractivity contribution in [1.29, 1.82) is 0 Å². The molecule has 1 aromatic rings. The molecule has 0 unspecified atom stereocenters. The minimum absolute atomic E-state index is 0.00965. The van der Waals surface area contributed by atoms with Crippen LogP contribution in [0.3, 0.4) is 0 Å². The summed E-state index contributed by atoms with van der Waals surface area (Å²) in [6.45, 7) is 5.94. The number of rotatable bonds is 2. The van der Waals surface area contributed by atoms with Gasteiger partial charge in [0.15, 0.2) is 0 Å². The molecule has 1 heterocycles. The topological polar surface area (TPSA) is 37.4 Å². The molecule has 0 radical (unpaired) electrons. The quantitative estimate of drug-likeness (QED) is 0.826. The molecule has 4 heteroatoms. The Bertz CT molecular complexity index is 502. The highest BCUT2D eigenvalue weighted by molar-refractivity contribution is 7.90. The Morgan fingerprint density at radius 3 is 2.33 bits per heavy atom. The zero-order chi connectivity index (χ0) is 13.4. The Kier molecular flexibility index (Phi) is 3.52. The summed E-state index contributed by atoms with van der Waals surface area (Å²) in [5.74, 6) is 0. The average Bonchev–Trinajstić information content (AvgIpc) is 2.78. The summed E-state index contributed by atoms with van der Waals surface area (Å²) in [5, 5.41) is 0. The second-order valence-corrected chi connectivity index (χ2v) is 8.44. The summed E-state index contributed by atoms with van der Waals surface area (Å²) in [4.78, 5) is 0. The third kappa shape index (κ3) is 2.31. The van der Waals surface area contributed by atoms with Crippen LogP contribution in [-0.2, 0) is 10.0 Å². The van der Waals surface area contributed by atoms with E-state index in [0.717, 1.165) is 18.4 Å². The lowest BCUT2D eigenvalue weighted by molar-refractivity contribution is 0.381. The molecule has 1 aliphatic heterocycles. The van der Waals surface area contributed by atoms with Crippen LogP contribution in [0, 0.1) is 0 Å². The maximum Gasteiger partial charge on any atom is 0.219 e. The van der Waals surface area contributed by atoms with Crippen LogP contribution >= 0.6 is 0 Å². The Morgan fingerprint density at radius 2 is 1.78 bits per heavy atom. The van der Waals surface area contributed by atoms with Gasteiger partial charge in [0.25, 0.3) is 0 Å². The van der Waals surface area contributed by atoms with Gasteiger partial charge in [-0.15, -0.1) is 0 Å². The highest BCUT2D eigenvalue weighted by Gasteiger charge is 2.41. The molecule has 1 saturated heterocycles. The van der Waals surface area contributed by atoms with Crippen LogP contribution in [-0.4, -0.2) is 24.0 Å². The van der Waals surface area contributed by atoms with Crippen molar-refractivity contribution in [2.45, 2.75) is 44.4 Å². The molecule has 1 aliphatic rings. The zero-order valence-electron chi connectivity index (χ0n) is 11.3. The number of hydrogen-bond acceptors (Lipinski definition) is 2. The molecule has 2 rings (SSSR count). The number of hydrogen-bond donors (Lipinski definition) is 0. The fourth-order valence-electron chi connectivity index (χ4n) is 2.39. The molecular weight excluding hydrogens is 246 g/mol. The Labute approximate surface area is 110 Å². The summed E-state index contributed by atoms with van der Waals surface area (Å²) >= 11 is 0. The highest BCUT2D eigenvalue weighted by atomic mass is 32.2. The first-order valence-electron chi connectivity index (χ1n) is 6.40. The van der Waals surface area contributed by atoms with Gasteiger partial charge in [0.1, 0.15) is 0 Å². The third-order valence-corrected chi connectivity index (χ3v) is 6.07. The summed E-state index contributed by atoms with van der Waals surface area (Å²) in [6.07, 6.45) is 1.86. The molecule has 1 aromatic carbocycles. The van der Waals surface area contributed by atoms with E-state index in [4.69, 9.17) is 0 Å². The Balaban J connectivity index is 2.35. The molecule has 0 saturated carbocycles. The van der Waals surface area contributed by atoms with E-state index in [0.29, 0.717) is 6.54 Å². The van der Waals surface area contributed by atoms with Gasteiger partial charge in [0.05, 0.1) is 4.75 Å². The maximum absolute atomic E-state index is 12.6. The molecule has 0 spiro atoms. The van der Waals surface area contributed by atoms with Crippen LogP contribution in [0.25, 0.3) is 0 Å². The van der Waals surface area contributed by atoms with Gasteiger partial charge in [-0.05, 0) is 39.2 Å². The lowest BCUT2D eigenvalue weighted by Crippen LogP contribution is -2.42. The van der Waals surface area contributed by atoms with Crippen molar-refractivity contribution in [2.75, 3.05) is 6.54 Å². The van der Waals surface area contributed by atoms with Gasteiger partial charge in [-0.3, -0.25) is 0 Å². The van der Waals surface area contributed by atoms with Crippen LogP contribution in [0.1, 0.15) is 45.2 Å². The van der Waals surface area contributed by atoms with E-state index in [-0.39, 0.29) is 6.04 Å². The molecule has 100 valence electrons. The lowest BCUT2D eigenvalue weighted by atomic mass is 10.1. The normalized spacial score (nSPS) is 22.3. The number of sulfonamides is 1. The second kappa shape index (κ2) is 4.67. The van der Waals surface area contributed by atoms with Crippen LogP contribution in [0.2, 0.25) is 0 Å². The van der Waals surface area contributed by atoms with E-state index in [1.54, 1.807) is 25.1 Å². The molecule has 0 N–H and O–H groups in total. The third-order valence-electron chi connectivity index (χ3n) is 3.47. The van der Waals surface area contributed by atoms with Gasteiger partial charge < -0.3 is 0 Å². The van der Waals surface area contributed by atoms with E-state index < -0.39 is 14.8 Å². The van der Waals surface area contributed by atoms with Gasteiger partial charge in [-0.1, -0.05) is 30.3 Å². The largest absolute Gasteiger partial charge is 0.219 e. The van der Waals surface area contributed by atoms with Gasteiger partial charge in [0.2, 0.25) is 10.0 Å². The van der Waals surface area contributed by atoms with E-state index in [9.17, 15) is 8.42 Å². The number of nitrogens with zero attached hydrogens (tertiary/aromatic N) is 1. The second-order valence-electron chi connectivity index (χ2n) is 5.80. The van der Waals surface area contributed by atoms with E-state index in [1.807, 2.05) is 30.3 Å². The molecule has 18 heavy (non-hydrogen) atoms. The molecule has 1 atom stereocenters. The summed E-state index contributed by atoms with van der Waals surface area (Å²) < 4.78 is 26.1. The highest BCUT2D eigenvalue weighted by Crippen LogP contribution is 2.37. The standard InChI is InChI=1S/C14H21NO2S/c1-14(2,3)18(16,17)15-11-7-10-13(15)12-8-5-4-6-9-12/h4-6,8-9,13H,7,10-11H2,1-3H3/t13-/m1/s1. The van der Waals surface area contributed by atoms with Crippen molar-refractivity contribution >= 4 is 10.0 Å². The van der Waals surface area contributed by atoms with Crippen LogP contribution in [0.15, 0.2) is 30.3 Å². The Hall–Kier alpha value is -0.870. The minimum atomic E-state index is -3.24. The predicted octanol–water partition coefficient (Wildman–Crippen LogP) is 2.95. The fourth-order valence-corrected chi connectivity index (χ4v) is 4.02. The van der Waals surface area contributed by atoms with Gasteiger partial charge in [-0.2, -0.15) is 4.31 Å². The molecular formula is C14H21NO2S. The van der Waals surface area contributed by atoms with E-state index in [2.05, 4.69) is 0 Å². The molecule has 0 aromatic heterocycles. The summed E-state index contributed by atoms with van der Waals surface area (Å²) in [5.41, 5.74) is 1.10. The summed E-state index contributed by atoms with van der Waals surface area (Å²) in [6, 6.07) is 9.93. The van der Waals surface area contributed by atoms with Crippen LogP contribution in [0.4, 0.5) is 0 Å². The van der Waals surface area contributed by atoms with Crippen molar-refractivity contribution in [1.82, 2.24) is 4.31 Å². The number of benzene rings is 1. The van der Waals surface area contributed by atoms with Gasteiger partial charge in [0, 0.05) is 12.6 Å². The smallest absolute Gasteiger partial charge is 0.212 e.